The lowest BCUT2D eigenvalue weighted by Crippen LogP contribution is -2.44. The van der Waals surface area contributed by atoms with E-state index in [2.05, 4.69) is 38.2 Å². The lowest BCUT2D eigenvalue weighted by molar-refractivity contribution is -0.870. The summed E-state index contributed by atoms with van der Waals surface area (Å²) in [6, 6.07) is 0. The van der Waals surface area contributed by atoms with E-state index in [0.29, 0.717) is 17.4 Å². The van der Waals surface area contributed by atoms with Crippen LogP contribution in [0.2, 0.25) is 0 Å². The van der Waals surface area contributed by atoms with Crippen molar-refractivity contribution in [2.75, 3.05) is 47.5 Å². The summed E-state index contributed by atoms with van der Waals surface area (Å²) in [6.07, 6.45) is 53.6. The van der Waals surface area contributed by atoms with Crippen LogP contribution in [0.1, 0.15) is 264 Å². The first-order valence-electron chi connectivity index (χ1n) is 28.0. The van der Waals surface area contributed by atoms with E-state index in [-0.39, 0.29) is 38.6 Å². The summed E-state index contributed by atoms with van der Waals surface area (Å²) in [4.78, 5) is 37.2. The zero-order valence-corrected chi connectivity index (χ0v) is 44.1. The number of rotatable bonds is 52. The number of unbranched alkanes of at least 4 members (excludes halogenated alkanes) is 33. The Kier molecular flexibility index (Phi) is 47.5. The maximum absolute atomic E-state index is 12.8. The number of allylic oxidation sites excluding steroid dienone is 4. The number of nitrogens with zero attached hydrogens (tertiary/aromatic N) is 1. The van der Waals surface area contributed by atoms with Gasteiger partial charge in [-0.05, 0) is 64.2 Å². The van der Waals surface area contributed by atoms with Gasteiger partial charge < -0.3 is 33.3 Å². The fourth-order valence-corrected chi connectivity index (χ4v) is 8.06. The molecular weight excluding hydrogens is 827 g/mol. The fraction of sp³-hybridized carbons (Fsp3) is 0.877. The van der Waals surface area contributed by atoms with Crippen LogP contribution in [-0.4, -0.2) is 82.3 Å². The Bertz CT molecular complexity index is 1130. The molecule has 2 unspecified atom stereocenters. The lowest BCUT2D eigenvalue weighted by atomic mass is 10.0. The minimum atomic E-state index is -1.62. The van der Waals surface area contributed by atoms with Crippen molar-refractivity contribution in [3.8, 4) is 0 Å². The fourth-order valence-electron chi connectivity index (χ4n) is 8.06. The van der Waals surface area contributed by atoms with Crippen molar-refractivity contribution >= 4 is 17.9 Å². The smallest absolute Gasteiger partial charge is 0.306 e. The number of aliphatic carboxylic acids is 1. The molecule has 9 nitrogen and oxygen atoms in total. The summed E-state index contributed by atoms with van der Waals surface area (Å²) in [7, 11) is 5.92. The summed E-state index contributed by atoms with van der Waals surface area (Å²) < 4.78 is 22.7. The van der Waals surface area contributed by atoms with E-state index in [4.69, 9.17) is 18.9 Å². The zero-order valence-electron chi connectivity index (χ0n) is 44.1. The van der Waals surface area contributed by atoms with Gasteiger partial charge in [0.25, 0.3) is 0 Å². The van der Waals surface area contributed by atoms with Crippen molar-refractivity contribution in [3.63, 3.8) is 0 Å². The average molecular weight is 934 g/mol. The van der Waals surface area contributed by atoms with Gasteiger partial charge in [0.1, 0.15) is 13.2 Å². The second-order valence-corrected chi connectivity index (χ2v) is 20.2. The van der Waals surface area contributed by atoms with E-state index in [1.807, 2.05) is 21.1 Å². The summed E-state index contributed by atoms with van der Waals surface area (Å²) in [5.74, 6) is -2.28. The van der Waals surface area contributed by atoms with E-state index in [9.17, 15) is 19.5 Å². The third kappa shape index (κ3) is 49.7. The number of hydrogen-bond acceptors (Lipinski definition) is 8. The molecular formula is C57H107NO8. The predicted molar refractivity (Wildman–Crippen MR) is 274 cm³/mol. The van der Waals surface area contributed by atoms with Gasteiger partial charge in [0.15, 0.2) is 12.4 Å². The molecule has 9 heteroatoms. The number of hydrogen-bond donors (Lipinski definition) is 0. The van der Waals surface area contributed by atoms with Gasteiger partial charge in [-0.25, -0.2) is 0 Å². The van der Waals surface area contributed by atoms with E-state index in [1.165, 1.54) is 180 Å². The maximum atomic E-state index is 12.8. The minimum absolute atomic E-state index is 0.148. The van der Waals surface area contributed by atoms with Gasteiger partial charge in [-0.15, -0.1) is 0 Å². The Balaban J connectivity index is 4.23. The number of carboxylic acids is 1. The van der Waals surface area contributed by atoms with Crippen LogP contribution in [0, 0.1) is 0 Å². The maximum Gasteiger partial charge on any atom is 0.306 e. The monoisotopic (exact) mass is 934 g/mol. The SMILES string of the molecule is CCCCCCCCC/C=C\CCCCCCCC(=O)OCC(COC(OCC[N+](C)(C)C)C(=O)[O-])OC(=O)CCCCCCCCCCCCCCC/C=C\CCCCCCCCCC. The van der Waals surface area contributed by atoms with Crippen molar-refractivity contribution in [1.82, 2.24) is 0 Å². The van der Waals surface area contributed by atoms with E-state index < -0.39 is 24.3 Å². The van der Waals surface area contributed by atoms with Gasteiger partial charge in [0.2, 0.25) is 0 Å². The Labute approximate surface area is 407 Å². The first kappa shape index (κ1) is 63.8. The number of likely N-dealkylation sites (N-methyl/N-ethyl adjacent to an activating group) is 1. The molecule has 0 aromatic rings. The third-order valence-electron chi connectivity index (χ3n) is 12.4. The highest BCUT2D eigenvalue weighted by atomic mass is 16.7. The highest BCUT2D eigenvalue weighted by molar-refractivity contribution is 5.70. The number of esters is 2. The molecule has 0 saturated carbocycles. The third-order valence-corrected chi connectivity index (χ3v) is 12.4. The lowest BCUT2D eigenvalue weighted by Gasteiger charge is -2.26. The molecule has 0 aromatic heterocycles. The minimum Gasteiger partial charge on any atom is -0.545 e. The molecule has 0 heterocycles. The summed E-state index contributed by atoms with van der Waals surface area (Å²) >= 11 is 0. The number of carbonyl (C=O) groups is 3. The Morgan fingerprint density at radius 3 is 1.12 bits per heavy atom. The Morgan fingerprint density at radius 2 is 0.773 bits per heavy atom. The second kappa shape index (κ2) is 49.2. The molecule has 0 spiro atoms. The summed E-state index contributed by atoms with van der Waals surface area (Å²) in [6.45, 7) is 4.77. The van der Waals surface area contributed by atoms with Gasteiger partial charge >= 0.3 is 11.9 Å². The van der Waals surface area contributed by atoms with Gasteiger partial charge in [-0.3, -0.25) is 9.59 Å². The highest BCUT2D eigenvalue weighted by Gasteiger charge is 2.22. The van der Waals surface area contributed by atoms with Crippen LogP contribution in [0.3, 0.4) is 0 Å². The highest BCUT2D eigenvalue weighted by Crippen LogP contribution is 2.16. The van der Waals surface area contributed by atoms with Gasteiger partial charge in [0, 0.05) is 12.8 Å². The van der Waals surface area contributed by atoms with Gasteiger partial charge in [-0.1, -0.05) is 212 Å². The van der Waals surface area contributed by atoms with E-state index >= 15 is 0 Å². The molecule has 0 saturated heterocycles. The molecule has 0 N–H and O–H groups in total. The molecule has 0 amide bonds. The Morgan fingerprint density at radius 1 is 0.439 bits per heavy atom. The first-order chi connectivity index (χ1) is 32.1. The number of quaternary nitrogens is 1. The van der Waals surface area contributed by atoms with Crippen LogP contribution in [0.5, 0.6) is 0 Å². The molecule has 0 aliphatic rings. The normalized spacial score (nSPS) is 12.9. The van der Waals surface area contributed by atoms with Crippen LogP contribution < -0.4 is 5.11 Å². The topological polar surface area (TPSA) is 111 Å². The van der Waals surface area contributed by atoms with Crippen LogP contribution in [0.4, 0.5) is 0 Å². The quantitative estimate of drug-likeness (QED) is 0.0195. The van der Waals surface area contributed by atoms with Crippen LogP contribution in [0.15, 0.2) is 24.3 Å². The van der Waals surface area contributed by atoms with Crippen molar-refractivity contribution in [2.45, 2.75) is 277 Å². The molecule has 66 heavy (non-hydrogen) atoms. The molecule has 0 fully saturated rings. The largest absolute Gasteiger partial charge is 0.545 e. The molecule has 0 aliphatic heterocycles. The molecule has 0 aromatic carbocycles. The number of carbonyl (C=O) groups excluding carboxylic acids is 3. The number of ether oxygens (including phenoxy) is 4. The standard InChI is InChI=1S/C57H107NO8/c1-6-8-10-12-14-16-18-20-22-24-25-26-27-28-29-30-31-32-34-36-38-40-42-44-46-48-55(60)66-53(52-65-57(56(61)62)63-50-49-58(3,4)5)51-64-54(59)47-45-43-41-39-37-35-33-23-21-19-17-15-13-11-9-7-2/h23-25,33,53,57H,6-22,26-32,34-52H2,1-5H3/b25-24-,33-23-. The van der Waals surface area contributed by atoms with Gasteiger partial charge in [0.05, 0.1) is 40.3 Å². The summed E-state index contributed by atoms with van der Waals surface area (Å²) in [5.41, 5.74) is 0. The molecule has 0 rings (SSSR count). The van der Waals surface area contributed by atoms with Crippen molar-refractivity contribution < 1.29 is 42.9 Å². The molecule has 388 valence electrons. The average Bonchev–Trinajstić information content (AvgIpc) is 3.28. The molecule has 0 bridgehead atoms. The second-order valence-electron chi connectivity index (χ2n) is 20.2. The van der Waals surface area contributed by atoms with Crippen molar-refractivity contribution in [3.05, 3.63) is 24.3 Å². The molecule has 2 atom stereocenters. The molecule has 0 aliphatic carbocycles. The molecule has 0 radical (unpaired) electrons. The Hall–Kier alpha value is -2.23. The number of carboxylic acid groups (broad SMARTS) is 1. The van der Waals surface area contributed by atoms with Gasteiger partial charge in [-0.2, -0.15) is 0 Å². The zero-order chi connectivity index (χ0) is 48.4. The van der Waals surface area contributed by atoms with Crippen molar-refractivity contribution in [2.24, 2.45) is 0 Å². The van der Waals surface area contributed by atoms with E-state index in [0.717, 1.165) is 51.4 Å². The summed E-state index contributed by atoms with van der Waals surface area (Å²) in [5, 5.41) is 11.7. The first-order valence-corrected chi connectivity index (χ1v) is 28.0. The predicted octanol–water partition coefficient (Wildman–Crippen LogP) is 14.6. The van der Waals surface area contributed by atoms with Crippen LogP contribution in [-0.2, 0) is 33.3 Å². The van der Waals surface area contributed by atoms with Crippen LogP contribution >= 0.6 is 0 Å². The van der Waals surface area contributed by atoms with Crippen LogP contribution in [0.25, 0.3) is 0 Å². The van der Waals surface area contributed by atoms with E-state index in [1.54, 1.807) is 0 Å². The van der Waals surface area contributed by atoms with Crippen molar-refractivity contribution in [1.29, 1.82) is 0 Å².